The zero-order valence-electron chi connectivity index (χ0n) is 23.9. The summed E-state index contributed by atoms with van der Waals surface area (Å²) in [6.45, 7) is 0. The van der Waals surface area contributed by atoms with Gasteiger partial charge in [0.25, 0.3) is 0 Å². The van der Waals surface area contributed by atoms with Gasteiger partial charge in [0.2, 0.25) is 0 Å². The van der Waals surface area contributed by atoms with E-state index >= 15 is 0 Å². The summed E-state index contributed by atoms with van der Waals surface area (Å²) < 4.78 is 0. The van der Waals surface area contributed by atoms with Crippen molar-refractivity contribution in [3.63, 3.8) is 0 Å². The minimum atomic E-state index is 0.659. The fraction of sp³-hybridized carbons (Fsp3) is 0. The second-order valence-electron chi connectivity index (χ2n) is 10.9. The largest absolute Gasteiger partial charge is 0.208 e. The predicted octanol–water partition coefficient (Wildman–Crippen LogP) is 10.5. The molecular weight excluding hydrogens is 534 g/mol. The normalized spacial score (nSPS) is 11.2. The summed E-state index contributed by atoms with van der Waals surface area (Å²) in [6, 6.07) is 57.1. The molecule has 1 heterocycles. The molecule has 3 nitrogen and oxygen atoms in total. The van der Waals surface area contributed by atoms with Crippen LogP contribution < -0.4 is 0 Å². The van der Waals surface area contributed by atoms with Gasteiger partial charge in [-0.3, -0.25) is 0 Å². The topological polar surface area (TPSA) is 38.7 Å². The van der Waals surface area contributed by atoms with Crippen molar-refractivity contribution in [3.05, 3.63) is 164 Å². The molecule has 0 N–H and O–H groups in total. The molecule has 0 fully saturated rings. The number of nitrogens with zero attached hydrogens (tertiary/aromatic N) is 3. The van der Waals surface area contributed by atoms with Crippen LogP contribution in [0.1, 0.15) is 0 Å². The summed E-state index contributed by atoms with van der Waals surface area (Å²) in [5, 5.41) is 4.71. The van der Waals surface area contributed by atoms with Gasteiger partial charge in [-0.2, -0.15) is 0 Å². The van der Waals surface area contributed by atoms with E-state index in [1.54, 1.807) is 0 Å². The molecule has 0 saturated carbocycles. The van der Waals surface area contributed by atoms with Crippen LogP contribution in [0.2, 0.25) is 0 Å². The molecule has 3 heteroatoms. The summed E-state index contributed by atoms with van der Waals surface area (Å²) in [5.41, 5.74) is 7.71. The third-order valence-electron chi connectivity index (χ3n) is 8.12. The molecular formula is C41H27N3. The monoisotopic (exact) mass is 561 g/mol. The van der Waals surface area contributed by atoms with Crippen LogP contribution in [0, 0.1) is 0 Å². The number of hydrogen-bond acceptors (Lipinski definition) is 3. The van der Waals surface area contributed by atoms with Crippen LogP contribution in [0.5, 0.6) is 0 Å². The fourth-order valence-electron chi connectivity index (χ4n) is 5.90. The molecule has 0 unspecified atom stereocenters. The predicted molar refractivity (Wildman–Crippen MR) is 182 cm³/mol. The van der Waals surface area contributed by atoms with Gasteiger partial charge in [0.15, 0.2) is 17.5 Å². The van der Waals surface area contributed by atoms with Crippen LogP contribution in [0.15, 0.2) is 164 Å². The lowest BCUT2D eigenvalue weighted by atomic mass is 9.93. The number of benzene rings is 7. The molecule has 7 aromatic carbocycles. The summed E-state index contributed by atoms with van der Waals surface area (Å²) in [4.78, 5) is 14.9. The van der Waals surface area contributed by atoms with E-state index in [0.29, 0.717) is 17.5 Å². The van der Waals surface area contributed by atoms with Gasteiger partial charge < -0.3 is 0 Å². The zero-order chi connectivity index (χ0) is 29.3. The van der Waals surface area contributed by atoms with Crippen molar-refractivity contribution in [2.45, 2.75) is 0 Å². The van der Waals surface area contributed by atoms with Crippen LogP contribution in [0.3, 0.4) is 0 Å². The van der Waals surface area contributed by atoms with E-state index in [-0.39, 0.29) is 0 Å². The van der Waals surface area contributed by atoms with Gasteiger partial charge in [-0.25, -0.2) is 15.0 Å². The van der Waals surface area contributed by atoms with Gasteiger partial charge in [-0.1, -0.05) is 146 Å². The van der Waals surface area contributed by atoms with E-state index in [4.69, 9.17) is 15.0 Å². The van der Waals surface area contributed by atoms with Crippen LogP contribution in [-0.4, -0.2) is 15.0 Å². The molecule has 0 saturated heterocycles. The number of aromatic nitrogens is 3. The maximum atomic E-state index is 5.00. The molecule has 0 amide bonds. The molecule has 8 rings (SSSR count). The third-order valence-corrected chi connectivity index (χ3v) is 8.12. The Kier molecular flexibility index (Phi) is 6.47. The summed E-state index contributed by atoms with van der Waals surface area (Å²) in [6.07, 6.45) is 0. The summed E-state index contributed by atoms with van der Waals surface area (Å²) in [5.74, 6) is 1.98. The Hall–Kier alpha value is -5.93. The molecule has 8 aromatic rings. The van der Waals surface area contributed by atoms with E-state index in [0.717, 1.165) is 27.5 Å². The molecule has 0 bridgehead atoms. The van der Waals surface area contributed by atoms with Gasteiger partial charge in [0.05, 0.1) is 0 Å². The highest BCUT2D eigenvalue weighted by atomic mass is 15.0. The highest BCUT2D eigenvalue weighted by molar-refractivity contribution is 6.05. The highest BCUT2D eigenvalue weighted by Crippen LogP contribution is 2.37. The minimum absolute atomic E-state index is 0.659. The molecule has 0 atom stereocenters. The molecule has 44 heavy (non-hydrogen) atoms. The fourth-order valence-corrected chi connectivity index (χ4v) is 5.90. The quantitative estimate of drug-likeness (QED) is 0.210. The maximum absolute atomic E-state index is 5.00. The van der Waals surface area contributed by atoms with Crippen molar-refractivity contribution in [2.75, 3.05) is 0 Å². The second-order valence-corrected chi connectivity index (χ2v) is 10.9. The first-order valence-corrected chi connectivity index (χ1v) is 14.8. The molecule has 1 aromatic heterocycles. The molecule has 0 aliphatic heterocycles. The first kappa shape index (κ1) is 25.8. The Balaban J connectivity index is 1.26. The van der Waals surface area contributed by atoms with Crippen molar-refractivity contribution in [1.29, 1.82) is 0 Å². The molecule has 0 aliphatic carbocycles. The average Bonchev–Trinajstić information content (AvgIpc) is 3.11. The Bertz CT molecular complexity index is 2200. The Morgan fingerprint density at radius 3 is 1.30 bits per heavy atom. The zero-order valence-corrected chi connectivity index (χ0v) is 23.9. The number of rotatable bonds is 5. The Morgan fingerprint density at radius 2 is 0.705 bits per heavy atom. The lowest BCUT2D eigenvalue weighted by Crippen LogP contribution is -2.00. The SMILES string of the molecule is c1ccc(-c2ccc3cc(-c4ccc(-c5nc(-c6ccccc6)nc(-c6ccccc6)n5)c5ccccc45)ccc3c2)cc1. The van der Waals surface area contributed by atoms with Crippen LogP contribution in [-0.2, 0) is 0 Å². The van der Waals surface area contributed by atoms with Crippen LogP contribution in [0.25, 0.3) is 78.0 Å². The molecule has 0 aliphatic rings. The van der Waals surface area contributed by atoms with E-state index in [9.17, 15) is 0 Å². The lowest BCUT2D eigenvalue weighted by molar-refractivity contribution is 1.08. The lowest BCUT2D eigenvalue weighted by Gasteiger charge is -2.14. The third kappa shape index (κ3) is 4.81. The van der Waals surface area contributed by atoms with Gasteiger partial charge >= 0.3 is 0 Å². The number of fused-ring (bicyclic) bond motifs is 2. The van der Waals surface area contributed by atoms with Gasteiger partial charge in [0, 0.05) is 16.7 Å². The first-order valence-electron chi connectivity index (χ1n) is 14.8. The van der Waals surface area contributed by atoms with Gasteiger partial charge in [-0.05, 0) is 62.0 Å². The minimum Gasteiger partial charge on any atom is -0.208 e. The van der Waals surface area contributed by atoms with Crippen molar-refractivity contribution >= 4 is 21.5 Å². The summed E-state index contributed by atoms with van der Waals surface area (Å²) >= 11 is 0. The van der Waals surface area contributed by atoms with Crippen molar-refractivity contribution in [1.82, 2.24) is 15.0 Å². The first-order chi connectivity index (χ1) is 21.8. The molecule has 0 radical (unpaired) electrons. The van der Waals surface area contributed by atoms with E-state index < -0.39 is 0 Å². The molecule has 206 valence electrons. The van der Waals surface area contributed by atoms with Gasteiger partial charge in [-0.15, -0.1) is 0 Å². The van der Waals surface area contributed by atoms with E-state index in [2.05, 4.69) is 103 Å². The smallest absolute Gasteiger partial charge is 0.164 e. The van der Waals surface area contributed by atoms with E-state index in [1.807, 2.05) is 60.7 Å². The number of hydrogen-bond donors (Lipinski definition) is 0. The van der Waals surface area contributed by atoms with Gasteiger partial charge in [0.1, 0.15) is 0 Å². The Morgan fingerprint density at radius 1 is 0.273 bits per heavy atom. The van der Waals surface area contributed by atoms with Crippen LogP contribution in [0.4, 0.5) is 0 Å². The van der Waals surface area contributed by atoms with Crippen molar-refractivity contribution in [3.8, 4) is 56.4 Å². The Labute approximate surface area is 256 Å². The summed E-state index contributed by atoms with van der Waals surface area (Å²) in [7, 11) is 0. The van der Waals surface area contributed by atoms with Crippen LogP contribution >= 0.6 is 0 Å². The second kappa shape index (κ2) is 11.0. The van der Waals surface area contributed by atoms with E-state index in [1.165, 1.54) is 33.0 Å². The standard InChI is InChI=1S/C41H27N3/c1-4-12-28(13-5-1)31-20-21-33-27-34(23-22-32(33)26-31)35-24-25-38(37-19-11-10-18-36(35)37)41-43-39(29-14-6-2-7-15-29)42-40(44-41)30-16-8-3-9-17-30/h1-27H. The van der Waals surface area contributed by atoms with Crippen molar-refractivity contribution in [2.24, 2.45) is 0 Å². The highest BCUT2D eigenvalue weighted by Gasteiger charge is 2.16. The molecule has 0 spiro atoms. The maximum Gasteiger partial charge on any atom is 0.164 e. The van der Waals surface area contributed by atoms with Crippen molar-refractivity contribution < 1.29 is 0 Å². The average molecular weight is 562 g/mol.